The fourth-order valence-corrected chi connectivity index (χ4v) is 3.44. The van der Waals surface area contributed by atoms with E-state index in [1.54, 1.807) is 0 Å². The molecule has 0 bridgehead atoms. The highest BCUT2D eigenvalue weighted by Gasteiger charge is 2.28. The second kappa shape index (κ2) is 8.70. The first-order chi connectivity index (χ1) is 10.7. The third-order valence-electron chi connectivity index (χ3n) is 4.98. The number of aryl methyl sites for hydroxylation is 1. The van der Waals surface area contributed by atoms with Gasteiger partial charge in [0.05, 0.1) is 6.54 Å². The molecule has 0 aromatic carbocycles. The van der Waals surface area contributed by atoms with Gasteiger partial charge >= 0.3 is 0 Å². The zero-order chi connectivity index (χ0) is 15.9. The number of hydrogen-bond donors (Lipinski definition) is 1. The molecular weight excluding hydrogens is 276 g/mol. The van der Waals surface area contributed by atoms with Gasteiger partial charge in [-0.2, -0.15) is 0 Å². The van der Waals surface area contributed by atoms with Gasteiger partial charge in [0.1, 0.15) is 11.5 Å². The maximum absolute atomic E-state index is 9.40. The van der Waals surface area contributed by atoms with Crippen molar-refractivity contribution < 1.29 is 9.52 Å². The second-order valence-electron chi connectivity index (χ2n) is 6.59. The molecule has 126 valence electrons. The Morgan fingerprint density at radius 3 is 2.64 bits per heavy atom. The van der Waals surface area contributed by atoms with E-state index in [1.807, 2.05) is 13.0 Å². The lowest BCUT2D eigenvalue weighted by atomic mass is 10.0. The Morgan fingerprint density at radius 1 is 1.27 bits per heavy atom. The maximum atomic E-state index is 9.40. The first-order valence-electron chi connectivity index (χ1n) is 8.78. The topological polar surface area (TPSA) is 39.9 Å². The monoisotopic (exact) mass is 308 g/mol. The van der Waals surface area contributed by atoms with Gasteiger partial charge in [0.2, 0.25) is 0 Å². The summed E-state index contributed by atoms with van der Waals surface area (Å²) in [7, 11) is 0. The van der Waals surface area contributed by atoms with E-state index in [0.29, 0.717) is 6.04 Å². The van der Waals surface area contributed by atoms with E-state index < -0.39 is 0 Å². The maximum Gasteiger partial charge on any atom is 0.118 e. The molecule has 1 N–H and O–H groups in total. The molecule has 0 spiro atoms. The highest BCUT2D eigenvalue weighted by Crippen LogP contribution is 2.20. The van der Waals surface area contributed by atoms with Crippen molar-refractivity contribution in [3.05, 3.63) is 23.7 Å². The summed E-state index contributed by atoms with van der Waals surface area (Å²) in [6, 6.07) is 4.53. The molecule has 4 nitrogen and oxygen atoms in total. The van der Waals surface area contributed by atoms with E-state index >= 15 is 0 Å². The molecule has 1 unspecified atom stereocenters. The fourth-order valence-electron chi connectivity index (χ4n) is 3.44. The molecule has 1 aromatic heterocycles. The van der Waals surface area contributed by atoms with Gasteiger partial charge in [-0.05, 0) is 31.4 Å². The minimum Gasteiger partial charge on any atom is -0.465 e. The van der Waals surface area contributed by atoms with Crippen molar-refractivity contribution in [1.29, 1.82) is 0 Å². The largest absolute Gasteiger partial charge is 0.465 e. The van der Waals surface area contributed by atoms with E-state index in [1.165, 1.54) is 19.4 Å². The summed E-state index contributed by atoms with van der Waals surface area (Å²) >= 11 is 0. The average Bonchev–Trinajstić information content (AvgIpc) is 2.92. The summed E-state index contributed by atoms with van der Waals surface area (Å²) in [4.78, 5) is 5.06. The first kappa shape index (κ1) is 17.5. The summed E-state index contributed by atoms with van der Waals surface area (Å²) in [5, 5.41) is 9.40. The smallest absolute Gasteiger partial charge is 0.118 e. The standard InChI is InChI=1S/C18H32N2O2/c1-4-16(5-2)12-19-9-10-20(17(13-19)8-11-21)14-18-7-6-15(3)22-18/h6-7,16-17,21H,4-5,8-14H2,1-3H3. The van der Waals surface area contributed by atoms with Crippen LogP contribution in [0.15, 0.2) is 16.5 Å². The van der Waals surface area contributed by atoms with Crippen LogP contribution in [0.1, 0.15) is 44.6 Å². The lowest BCUT2D eigenvalue weighted by Gasteiger charge is -2.42. The van der Waals surface area contributed by atoms with Crippen LogP contribution in [-0.2, 0) is 6.54 Å². The molecule has 4 heteroatoms. The third-order valence-corrected chi connectivity index (χ3v) is 4.98. The molecule has 1 aliphatic heterocycles. The number of aliphatic hydroxyl groups is 1. The van der Waals surface area contributed by atoms with Gasteiger partial charge in [-0.15, -0.1) is 0 Å². The van der Waals surface area contributed by atoms with Crippen molar-refractivity contribution in [2.24, 2.45) is 5.92 Å². The van der Waals surface area contributed by atoms with Crippen LogP contribution in [0.2, 0.25) is 0 Å². The molecule has 2 rings (SSSR count). The number of piperazine rings is 1. The van der Waals surface area contributed by atoms with Crippen LogP contribution in [0.25, 0.3) is 0 Å². The van der Waals surface area contributed by atoms with E-state index in [0.717, 1.165) is 50.0 Å². The highest BCUT2D eigenvalue weighted by atomic mass is 16.3. The fraction of sp³-hybridized carbons (Fsp3) is 0.778. The van der Waals surface area contributed by atoms with Gasteiger partial charge in [-0.3, -0.25) is 4.90 Å². The number of furan rings is 1. The summed E-state index contributed by atoms with van der Waals surface area (Å²) in [6.45, 7) is 12.1. The Morgan fingerprint density at radius 2 is 2.05 bits per heavy atom. The lowest BCUT2D eigenvalue weighted by molar-refractivity contribution is 0.0410. The zero-order valence-corrected chi connectivity index (χ0v) is 14.4. The van der Waals surface area contributed by atoms with Gasteiger partial charge < -0.3 is 14.4 Å². The molecule has 1 atom stereocenters. The molecule has 0 amide bonds. The van der Waals surface area contributed by atoms with Gasteiger partial charge in [-0.25, -0.2) is 0 Å². The van der Waals surface area contributed by atoms with Crippen LogP contribution in [0, 0.1) is 12.8 Å². The van der Waals surface area contributed by atoms with E-state index in [4.69, 9.17) is 4.42 Å². The third kappa shape index (κ3) is 4.83. The Labute approximate surface area is 135 Å². The molecule has 22 heavy (non-hydrogen) atoms. The summed E-state index contributed by atoms with van der Waals surface area (Å²) in [5.41, 5.74) is 0. The van der Waals surface area contributed by atoms with Gasteiger partial charge in [0.15, 0.2) is 0 Å². The Balaban J connectivity index is 1.92. The summed E-state index contributed by atoms with van der Waals surface area (Å²) in [6.07, 6.45) is 3.36. The molecule has 1 aliphatic rings. The van der Waals surface area contributed by atoms with Gasteiger partial charge in [0, 0.05) is 38.8 Å². The molecule has 0 saturated carbocycles. The van der Waals surface area contributed by atoms with Crippen LogP contribution in [0.4, 0.5) is 0 Å². The number of hydrogen-bond acceptors (Lipinski definition) is 4. The Bertz CT molecular complexity index is 428. The van der Waals surface area contributed by atoms with Gasteiger partial charge in [-0.1, -0.05) is 26.7 Å². The van der Waals surface area contributed by atoms with Crippen molar-refractivity contribution in [3.8, 4) is 0 Å². The molecule has 0 aliphatic carbocycles. The highest BCUT2D eigenvalue weighted by molar-refractivity contribution is 5.06. The zero-order valence-electron chi connectivity index (χ0n) is 14.4. The number of aliphatic hydroxyl groups excluding tert-OH is 1. The van der Waals surface area contributed by atoms with Crippen LogP contribution in [-0.4, -0.2) is 53.7 Å². The number of nitrogens with zero attached hydrogens (tertiary/aromatic N) is 2. The predicted molar refractivity (Wildman–Crippen MR) is 89.9 cm³/mol. The van der Waals surface area contributed by atoms with Crippen LogP contribution in [0.3, 0.4) is 0 Å². The van der Waals surface area contributed by atoms with Crippen LogP contribution < -0.4 is 0 Å². The first-order valence-corrected chi connectivity index (χ1v) is 8.78. The summed E-state index contributed by atoms with van der Waals surface area (Å²) < 4.78 is 5.72. The van der Waals surface area contributed by atoms with Crippen molar-refractivity contribution in [3.63, 3.8) is 0 Å². The number of rotatable bonds is 8. The average molecular weight is 308 g/mol. The van der Waals surface area contributed by atoms with Gasteiger partial charge in [0.25, 0.3) is 0 Å². The predicted octanol–water partition coefficient (Wildman–Crippen LogP) is 2.89. The van der Waals surface area contributed by atoms with Crippen molar-refractivity contribution in [1.82, 2.24) is 9.80 Å². The van der Waals surface area contributed by atoms with Crippen molar-refractivity contribution >= 4 is 0 Å². The lowest BCUT2D eigenvalue weighted by Crippen LogP contribution is -2.53. The van der Waals surface area contributed by atoms with Crippen molar-refractivity contribution in [2.45, 2.75) is 52.6 Å². The van der Waals surface area contributed by atoms with Crippen molar-refractivity contribution in [2.75, 3.05) is 32.8 Å². The minimum absolute atomic E-state index is 0.261. The van der Waals surface area contributed by atoms with E-state index in [-0.39, 0.29) is 6.61 Å². The summed E-state index contributed by atoms with van der Waals surface area (Å²) in [5.74, 6) is 2.81. The quantitative estimate of drug-likeness (QED) is 0.801. The minimum atomic E-state index is 0.261. The normalized spacial score (nSPS) is 20.9. The van der Waals surface area contributed by atoms with E-state index in [9.17, 15) is 5.11 Å². The molecule has 1 aromatic rings. The van der Waals surface area contributed by atoms with Crippen LogP contribution in [0.5, 0.6) is 0 Å². The molecule has 1 fully saturated rings. The molecule has 0 radical (unpaired) electrons. The van der Waals surface area contributed by atoms with Crippen LogP contribution >= 0.6 is 0 Å². The Hall–Kier alpha value is -0.840. The molecule has 2 heterocycles. The SMILES string of the molecule is CCC(CC)CN1CCN(Cc2ccc(C)o2)C(CCO)C1. The van der Waals surface area contributed by atoms with E-state index in [2.05, 4.69) is 29.7 Å². The Kier molecular flexibility index (Phi) is 6.93. The second-order valence-corrected chi connectivity index (χ2v) is 6.59. The molecular formula is C18H32N2O2. The molecule has 1 saturated heterocycles.